The molecule has 0 amide bonds. The number of nitrogens with zero attached hydrogens (tertiary/aromatic N) is 6. The molecule has 94 valence electrons. The average molecular weight is 269 g/mol. The number of aromatic nitrogens is 6. The molecule has 1 aliphatic rings. The Labute approximate surface area is 107 Å². The maximum absolute atomic E-state index is 5.82. The lowest BCUT2D eigenvalue weighted by Crippen LogP contribution is -2.18. The fourth-order valence-corrected chi connectivity index (χ4v) is 1.69. The molecule has 1 atom stereocenters. The van der Waals surface area contributed by atoms with E-state index in [9.17, 15) is 0 Å². The summed E-state index contributed by atoms with van der Waals surface area (Å²) in [5.41, 5.74) is 0. The highest BCUT2D eigenvalue weighted by molar-refractivity contribution is 6.28. The van der Waals surface area contributed by atoms with Crippen LogP contribution in [-0.2, 0) is 4.74 Å². The van der Waals surface area contributed by atoms with E-state index >= 15 is 0 Å². The third kappa shape index (κ3) is 2.39. The van der Waals surface area contributed by atoms with Crippen molar-refractivity contribution in [3.8, 4) is 12.0 Å². The molecule has 0 aromatic carbocycles. The maximum atomic E-state index is 5.82. The molecular weight excluding hydrogens is 260 g/mol. The molecular formula is C9H9ClN6O2. The van der Waals surface area contributed by atoms with Gasteiger partial charge in [-0.2, -0.15) is 24.7 Å². The molecule has 1 saturated heterocycles. The lowest BCUT2D eigenvalue weighted by atomic mass is 10.3. The first-order valence-electron chi connectivity index (χ1n) is 5.32. The average Bonchev–Trinajstić information content (AvgIpc) is 3.00. The highest BCUT2D eigenvalue weighted by atomic mass is 35.5. The second-order valence-corrected chi connectivity index (χ2v) is 3.97. The first kappa shape index (κ1) is 11.3. The standard InChI is InChI=1S/C9H9ClN6O2/c10-7-13-8(16-5-11-4-12-16)15-9(14-7)18-6-1-2-17-3-6/h4-6H,1-3H2. The quantitative estimate of drug-likeness (QED) is 0.789. The van der Waals surface area contributed by atoms with Crippen LogP contribution < -0.4 is 4.74 Å². The van der Waals surface area contributed by atoms with Crippen molar-refractivity contribution in [2.75, 3.05) is 13.2 Å². The van der Waals surface area contributed by atoms with Crippen LogP contribution in [0.2, 0.25) is 5.28 Å². The molecule has 8 nitrogen and oxygen atoms in total. The number of ether oxygens (including phenoxy) is 2. The summed E-state index contributed by atoms with van der Waals surface area (Å²) in [6, 6.07) is 0.163. The van der Waals surface area contributed by atoms with Crippen molar-refractivity contribution in [3.63, 3.8) is 0 Å². The monoisotopic (exact) mass is 268 g/mol. The Bertz CT molecular complexity index is 528. The van der Waals surface area contributed by atoms with Gasteiger partial charge >= 0.3 is 6.01 Å². The zero-order valence-corrected chi connectivity index (χ0v) is 9.99. The summed E-state index contributed by atoms with van der Waals surface area (Å²) < 4.78 is 12.1. The summed E-state index contributed by atoms with van der Waals surface area (Å²) in [4.78, 5) is 15.8. The topological polar surface area (TPSA) is 87.8 Å². The number of rotatable bonds is 3. The molecule has 3 heterocycles. The number of hydrogen-bond acceptors (Lipinski definition) is 7. The lowest BCUT2D eigenvalue weighted by Gasteiger charge is -2.10. The van der Waals surface area contributed by atoms with Crippen molar-refractivity contribution in [3.05, 3.63) is 17.9 Å². The minimum Gasteiger partial charge on any atom is -0.457 e. The van der Waals surface area contributed by atoms with Crippen LogP contribution in [0.1, 0.15) is 6.42 Å². The molecule has 18 heavy (non-hydrogen) atoms. The summed E-state index contributed by atoms with van der Waals surface area (Å²) in [5.74, 6) is 0.265. The second kappa shape index (κ2) is 4.83. The third-order valence-corrected chi connectivity index (χ3v) is 2.53. The van der Waals surface area contributed by atoms with Crippen LogP contribution in [0.15, 0.2) is 12.7 Å². The van der Waals surface area contributed by atoms with Crippen molar-refractivity contribution >= 4 is 11.6 Å². The summed E-state index contributed by atoms with van der Waals surface area (Å²) in [6.07, 6.45) is 3.60. The van der Waals surface area contributed by atoms with Crippen LogP contribution in [0.25, 0.3) is 5.95 Å². The molecule has 0 saturated carbocycles. The van der Waals surface area contributed by atoms with E-state index in [-0.39, 0.29) is 23.3 Å². The van der Waals surface area contributed by atoms with Gasteiger partial charge < -0.3 is 9.47 Å². The predicted octanol–water partition coefficient (Wildman–Crippen LogP) is 0.273. The van der Waals surface area contributed by atoms with Crippen molar-refractivity contribution in [1.82, 2.24) is 29.7 Å². The van der Waals surface area contributed by atoms with Crippen LogP contribution in [0.3, 0.4) is 0 Å². The molecule has 0 spiro atoms. The normalized spacial score (nSPS) is 19.1. The minimum atomic E-state index is -0.0490. The fraction of sp³-hybridized carbons (Fsp3) is 0.444. The zero-order chi connectivity index (χ0) is 12.4. The van der Waals surface area contributed by atoms with Gasteiger partial charge in [0, 0.05) is 6.42 Å². The third-order valence-electron chi connectivity index (χ3n) is 2.36. The van der Waals surface area contributed by atoms with E-state index in [2.05, 4.69) is 25.0 Å². The van der Waals surface area contributed by atoms with Gasteiger partial charge in [0.15, 0.2) is 0 Å². The van der Waals surface area contributed by atoms with E-state index in [4.69, 9.17) is 21.1 Å². The SMILES string of the molecule is Clc1nc(OC2CCOC2)nc(-n2cncn2)n1. The highest BCUT2D eigenvalue weighted by Crippen LogP contribution is 2.15. The molecule has 9 heteroatoms. The van der Waals surface area contributed by atoms with Crippen LogP contribution in [-0.4, -0.2) is 49.0 Å². The van der Waals surface area contributed by atoms with E-state index in [1.165, 1.54) is 17.3 Å². The first-order valence-corrected chi connectivity index (χ1v) is 5.70. The van der Waals surface area contributed by atoms with Gasteiger partial charge in [-0.25, -0.2) is 4.98 Å². The Morgan fingerprint density at radius 3 is 3.06 bits per heavy atom. The van der Waals surface area contributed by atoms with E-state index in [0.717, 1.165) is 6.42 Å². The number of hydrogen-bond donors (Lipinski definition) is 0. The molecule has 2 aromatic rings. The van der Waals surface area contributed by atoms with Crippen LogP contribution in [0.5, 0.6) is 6.01 Å². The van der Waals surface area contributed by atoms with Gasteiger partial charge in [-0.3, -0.25) is 0 Å². The van der Waals surface area contributed by atoms with Gasteiger partial charge in [-0.05, 0) is 11.6 Å². The van der Waals surface area contributed by atoms with Crippen LogP contribution in [0.4, 0.5) is 0 Å². The smallest absolute Gasteiger partial charge is 0.322 e. The number of halogens is 1. The Kier molecular flexibility index (Phi) is 3.03. The Hall–Kier alpha value is -1.80. The summed E-state index contributed by atoms with van der Waals surface area (Å²) in [5, 5.41) is 3.96. The van der Waals surface area contributed by atoms with Crippen molar-refractivity contribution in [2.24, 2.45) is 0 Å². The van der Waals surface area contributed by atoms with Crippen molar-refractivity contribution in [1.29, 1.82) is 0 Å². The molecule has 0 radical (unpaired) electrons. The highest BCUT2D eigenvalue weighted by Gasteiger charge is 2.19. The van der Waals surface area contributed by atoms with Gasteiger partial charge in [0.2, 0.25) is 5.28 Å². The molecule has 0 aliphatic carbocycles. The van der Waals surface area contributed by atoms with E-state index in [1.54, 1.807) is 0 Å². The van der Waals surface area contributed by atoms with Crippen molar-refractivity contribution < 1.29 is 9.47 Å². The van der Waals surface area contributed by atoms with E-state index < -0.39 is 0 Å². The van der Waals surface area contributed by atoms with Gasteiger partial charge in [-0.15, -0.1) is 0 Å². The molecule has 1 fully saturated rings. The first-order chi connectivity index (χ1) is 8.81. The largest absolute Gasteiger partial charge is 0.457 e. The summed E-state index contributed by atoms with van der Waals surface area (Å²) in [7, 11) is 0. The fourth-order valence-electron chi connectivity index (χ4n) is 1.54. The van der Waals surface area contributed by atoms with Gasteiger partial charge in [-0.1, -0.05) is 0 Å². The Morgan fingerprint density at radius 2 is 2.33 bits per heavy atom. The lowest BCUT2D eigenvalue weighted by molar-refractivity contribution is 0.134. The minimum absolute atomic E-state index is 0.0458. The summed E-state index contributed by atoms with van der Waals surface area (Å²) in [6.45, 7) is 1.21. The molecule has 1 unspecified atom stereocenters. The molecule has 2 aromatic heterocycles. The second-order valence-electron chi connectivity index (χ2n) is 3.63. The van der Waals surface area contributed by atoms with Crippen LogP contribution in [0, 0.1) is 0 Å². The van der Waals surface area contributed by atoms with Gasteiger partial charge in [0.25, 0.3) is 5.95 Å². The van der Waals surface area contributed by atoms with Gasteiger partial charge in [0.05, 0.1) is 13.2 Å². The van der Waals surface area contributed by atoms with Crippen molar-refractivity contribution in [2.45, 2.75) is 12.5 Å². The molecule has 0 N–H and O–H groups in total. The molecule has 1 aliphatic heterocycles. The zero-order valence-electron chi connectivity index (χ0n) is 9.23. The molecule has 3 rings (SSSR count). The Balaban J connectivity index is 1.86. The Morgan fingerprint density at radius 1 is 1.39 bits per heavy atom. The summed E-state index contributed by atoms with van der Waals surface area (Å²) >= 11 is 5.82. The van der Waals surface area contributed by atoms with Gasteiger partial charge in [0.1, 0.15) is 18.8 Å². The van der Waals surface area contributed by atoms with E-state index in [0.29, 0.717) is 13.2 Å². The van der Waals surface area contributed by atoms with Crippen LogP contribution >= 0.6 is 11.6 Å². The predicted molar refractivity (Wildman–Crippen MR) is 59.6 cm³/mol. The maximum Gasteiger partial charge on any atom is 0.322 e. The van der Waals surface area contributed by atoms with E-state index in [1.807, 2.05) is 0 Å². The molecule has 0 bridgehead atoms.